The predicted octanol–water partition coefficient (Wildman–Crippen LogP) is 2.16. The van der Waals surface area contributed by atoms with Gasteiger partial charge in [0.15, 0.2) is 0 Å². The third-order valence-corrected chi connectivity index (χ3v) is 4.50. The Morgan fingerprint density at radius 1 is 1.10 bits per heavy atom. The Hall–Kier alpha value is -1.88. The van der Waals surface area contributed by atoms with Gasteiger partial charge in [-0.25, -0.2) is 0 Å². The highest BCUT2D eigenvalue weighted by molar-refractivity contribution is 6.33. The molecule has 0 aromatic heterocycles. The maximum absolute atomic E-state index is 12.3. The fourth-order valence-electron chi connectivity index (χ4n) is 3.08. The van der Waals surface area contributed by atoms with E-state index in [1.807, 2.05) is 0 Å². The third kappa shape index (κ3) is 2.42. The van der Waals surface area contributed by atoms with E-state index in [4.69, 9.17) is 11.6 Å². The van der Waals surface area contributed by atoms with Crippen molar-refractivity contribution in [1.29, 1.82) is 0 Å². The van der Waals surface area contributed by atoms with E-state index in [0.717, 1.165) is 17.9 Å². The molecule has 1 saturated carbocycles. The first-order chi connectivity index (χ1) is 10.1. The summed E-state index contributed by atoms with van der Waals surface area (Å²) in [5.41, 5.74) is 2.65. The molecule has 0 radical (unpaired) electrons. The van der Waals surface area contributed by atoms with E-state index in [-0.39, 0.29) is 34.2 Å². The van der Waals surface area contributed by atoms with Crippen molar-refractivity contribution in [2.24, 2.45) is 11.8 Å². The minimum Gasteiger partial charge on any atom is -0.272 e. The molecule has 110 valence electrons. The average Bonchev–Trinajstić information content (AvgIpc) is 2.73. The van der Waals surface area contributed by atoms with Crippen molar-refractivity contribution >= 4 is 29.3 Å². The first-order valence-electron chi connectivity index (χ1n) is 7.03. The van der Waals surface area contributed by atoms with E-state index >= 15 is 0 Å². The summed E-state index contributed by atoms with van der Waals surface area (Å²) in [6.45, 7) is 0. The van der Waals surface area contributed by atoms with Gasteiger partial charge in [-0.2, -0.15) is 5.01 Å². The van der Waals surface area contributed by atoms with E-state index in [9.17, 15) is 14.4 Å². The van der Waals surface area contributed by atoms with Crippen LogP contribution < -0.4 is 5.43 Å². The monoisotopic (exact) mass is 306 g/mol. The van der Waals surface area contributed by atoms with Crippen LogP contribution in [-0.2, 0) is 9.59 Å². The van der Waals surface area contributed by atoms with Gasteiger partial charge >= 0.3 is 0 Å². The molecule has 1 aromatic rings. The minimum absolute atomic E-state index is 0.245. The zero-order valence-electron chi connectivity index (χ0n) is 11.3. The van der Waals surface area contributed by atoms with Crippen LogP contribution in [0, 0.1) is 11.8 Å². The van der Waals surface area contributed by atoms with Crippen LogP contribution in [-0.4, -0.2) is 22.7 Å². The highest BCUT2D eigenvalue weighted by Crippen LogP contribution is 2.37. The molecular formula is C15H15ClN2O3. The van der Waals surface area contributed by atoms with Crippen LogP contribution >= 0.6 is 11.6 Å². The van der Waals surface area contributed by atoms with E-state index in [1.54, 1.807) is 24.3 Å². The van der Waals surface area contributed by atoms with Crippen molar-refractivity contribution in [2.75, 3.05) is 0 Å². The summed E-state index contributed by atoms with van der Waals surface area (Å²) in [6, 6.07) is 6.52. The van der Waals surface area contributed by atoms with Gasteiger partial charge in [0.25, 0.3) is 17.7 Å². The van der Waals surface area contributed by atoms with Crippen molar-refractivity contribution in [3.8, 4) is 0 Å². The molecule has 1 N–H and O–H groups in total. The SMILES string of the molecule is O=C(NN1C(=O)[C@H]2CCCC[C@@H]2C1=O)c1ccccc1Cl. The number of amides is 3. The Morgan fingerprint density at radius 2 is 1.67 bits per heavy atom. The summed E-state index contributed by atoms with van der Waals surface area (Å²) < 4.78 is 0. The van der Waals surface area contributed by atoms with Crippen LogP contribution in [0.4, 0.5) is 0 Å². The number of hydrazine groups is 1. The Morgan fingerprint density at radius 3 is 2.24 bits per heavy atom. The zero-order valence-corrected chi connectivity index (χ0v) is 12.1. The molecule has 2 fully saturated rings. The number of rotatable bonds is 2. The quantitative estimate of drug-likeness (QED) is 0.852. The standard InChI is InChI=1S/C15H15ClN2O3/c16-12-8-4-3-7-11(12)13(19)17-18-14(20)9-5-1-2-6-10(9)15(18)21/h3-4,7-10H,1-2,5-6H2,(H,17,19)/t9-,10-/m0/s1. The average molecular weight is 307 g/mol. The maximum atomic E-state index is 12.3. The second-order valence-corrected chi connectivity index (χ2v) is 5.84. The molecule has 0 unspecified atom stereocenters. The maximum Gasteiger partial charge on any atom is 0.271 e. The van der Waals surface area contributed by atoms with Crippen molar-refractivity contribution in [2.45, 2.75) is 25.7 Å². The zero-order chi connectivity index (χ0) is 15.0. The molecule has 1 heterocycles. The lowest BCUT2D eigenvalue weighted by Gasteiger charge is -2.19. The van der Waals surface area contributed by atoms with Gasteiger partial charge in [0.2, 0.25) is 0 Å². The summed E-state index contributed by atoms with van der Waals surface area (Å²) in [4.78, 5) is 36.7. The summed E-state index contributed by atoms with van der Waals surface area (Å²) in [6.07, 6.45) is 3.33. The van der Waals surface area contributed by atoms with E-state index in [2.05, 4.69) is 5.43 Å². The van der Waals surface area contributed by atoms with Crippen molar-refractivity contribution in [1.82, 2.24) is 10.4 Å². The van der Waals surface area contributed by atoms with Crippen LogP contribution in [0.3, 0.4) is 0 Å². The summed E-state index contributed by atoms with van der Waals surface area (Å²) >= 11 is 5.95. The van der Waals surface area contributed by atoms with Gasteiger partial charge in [0, 0.05) is 0 Å². The van der Waals surface area contributed by atoms with Gasteiger partial charge in [-0.1, -0.05) is 36.6 Å². The Kier molecular flexibility index (Phi) is 3.68. The topological polar surface area (TPSA) is 66.5 Å². The number of benzene rings is 1. The number of hydrogen-bond acceptors (Lipinski definition) is 3. The smallest absolute Gasteiger partial charge is 0.271 e. The number of hydrogen-bond donors (Lipinski definition) is 1. The summed E-state index contributed by atoms with van der Waals surface area (Å²) in [7, 11) is 0. The van der Waals surface area contributed by atoms with Crippen LogP contribution in [0.2, 0.25) is 5.02 Å². The molecule has 0 spiro atoms. The Labute approximate surface area is 127 Å². The molecule has 6 heteroatoms. The largest absolute Gasteiger partial charge is 0.272 e. The molecule has 5 nitrogen and oxygen atoms in total. The van der Waals surface area contributed by atoms with Gasteiger partial charge < -0.3 is 0 Å². The lowest BCUT2D eigenvalue weighted by Crippen LogP contribution is -2.46. The second-order valence-electron chi connectivity index (χ2n) is 5.43. The van der Waals surface area contributed by atoms with E-state index < -0.39 is 5.91 Å². The molecular weight excluding hydrogens is 292 g/mol. The minimum atomic E-state index is -0.541. The molecule has 1 aliphatic heterocycles. The first kappa shape index (κ1) is 14.1. The van der Waals surface area contributed by atoms with Crippen molar-refractivity contribution in [3.63, 3.8) is 0 Å². The highest BCUT2D eigenvalue weighted by atomic mass is 35.5. The van der Waals surface area contributed by atoms with E-state index in [1.165, 1.54) is 0 Å². The van der Waals surface area contributed by atoms with Crippen molar-refractivity contribution < 1.29 is 14.4 Å². The number of carbonyl (C=O) groups is 3. The highest BCUT2D eigenvalue weighted by Gasteiger charge is 2.49. The fourth-order valence-corrected chi connectivity index (χ4v) is 3.30. The van der Waals surface area contributed by atoms with Crippen LogP contribution in [0.5, 0.6) is 0 Å². The number of halogens is 1. The van der Waals surface area contributed by atoms with Crippen LogP contribution in [0.1, 0.15) is 36.0 Å². The predicted molar refractivity (Wildman–Crippen MR) is 76.2 cm³/mol. The van der Waals surface area contributed by atoms with Gasteiger partial charge in [0.1, 0.15) is 0 Å². The molecule has 3 rings (SSSR count). The molecule has 1 aromatic carbocycles. The van der Waals surface area contributed by atoms with Gasteiger partial charge in [-0.05, 0) is 25.0 Å². The van der Waals surface area contributed by atoms with E-state index in [0.29, 0.717) is 12.8 Å². The first-order valence-corrected chi connectivity index (χ1v) is 7.40. The molecule has 2 aliphatic rings. The molecule has 0 bridgehead atoms. The lowest BCUT2D eigenvalue weighted by molar-refractivity contribution is -0.142. The Bertz CT molecular complexity index is 593. The molecule has 1 aliphatic carbocycles. The van der Waals surface area contributed by atoms with Gasteiger partial charge in [0.05, 0.1) is 22.4 Å². The van der Waals surface area contributed by atoms with Crippen molar-refractivity contribution in [3.05, 3.63) is 34.9 Å². The summed E-state index contributed by atoms with van der Waals surface area (Å²) in [5, 5.41) is 1.17. The van der Waals surface area contributed by atoms with Gasteiger partial charge in [-0.15, -0.1) is 0 Å². The molecule has 21 heavy (non-hydrogen) atoms. The number of fused-ring (bicyclic) bond motifs is 1. The second kappa shape index (κ2) is 5.48. The fraction of sp³-hybridized carbons (Fsp3) is 0.400. The van der Waals surface area contributed by atoms with Gasteiger partial charge in [-0.3, -0.25) is 19.8 Å². The van der Waals surface area contributed by atoms with Crippen LogP contribution in [0.25, 0.3) is 0 Å². The third-order valence-electron chi connectivity index (χ3n) is 4.17. The number of nitrogens with one attached hydrogen (secondary N) is 1. The van der Waals surface area contributed by atoms with Crippen LogP contribution in [0.15, 0.2) is 24.3 Å². The number of imide groups is 1. The number of nitrogens with zero attached hydrogens (tertiary/aromatic N) is 1. The summed E-state index contributed by atoms with van der Waals surface area (Å²) in [5.74, 6) is -1.70. The lowest BCUT2D eigenvalue weighted by atomic mass is 9.81. The number of carbonyl (C=O) groups excluding carboxylic acids is 3. The molecule has 1 saturated heterocycles. The Balaban J connectivity index is 1.79. The normalized spacial score (nSPS) is 24.9. The molecule has 2 atom stereocenters. The molecule has 3 amide bonds.